The molecule has 0 amide bonds. The van der Waals surface area contributed by atoms with Crippen LogP contribution in [0.5, 0.6) is 5.75 Å². The van der Waals surface area contributed by atoms with Crippen molar-refractivity contribution in [2.24, 2.45) is 0 Å². The first-order valence-corrected chi connectivity index (χ1v) is 10.4. The minimum atomic E-state index is -3.71. The maximum atomic E-state index is 12.6. The summed E-state index contributed by atoms with van der Waals surface area (Å²) in [7, 11) is -2.10. The molecule has 4 rings (SSSR count). The van der Waals surface area contributed by atoms with Crippen molar-refractivity contribution in [3.05, 3.63) is 66.3 Å². The summed E-state index contributed by atoms with van der Waals surface area (Å²) in [6.07, 6.45) is 3.21. The van der Waals surface area contributed by atoms with Crippen LogP contribution in [0.25, 0.3) is 22.0 Å². The van der Waals surface area contributed by atoms with E-state index < -0.39 is 10.0 Å². The molecule has 136 valence electrons. The van der Waals surface area contributed by atoms with Crippen LogP contribution in [0.3, 0.4) is 0 Å². The third-order valence-electron chi connectivity index (χ3n) is 4.06. The van der Waals surface area contributed by atoms with Gasteiger partial charge in [-0.3, -0.25) is 9.71 Å². The zero-order valence-electron chi connectivity index (χ0n) is 14.3. The lowest BCUT2D eigenvalue weighted by Crippen LogP contribution is -2.12. The van der Waals surface area contributed by atoms with Crippen molar-refractivity contribution in [3.8, 4) is 17.0 Å². The van der Waals surface area contributed by atoms with E-state index in [1.807, 2.05) is 24.3 Å². The molecule has 2 aromatic heterocycles. The Labute approximate surface area is 160 Å². The molecule has 0 spiro atoms. The molecule has 0 aliphatic rings. The Balaban J connectivity index is 1.81. The van der Waals surface area contributed by atoms with E-state index in [9.17, 15) is 8.42 Å². The number of para-hydroxylation sites is 1. The van der Waals surface area contributed by atoms with Gasteiger partial charge >= 0.3 is 0 Å². The number of anilines is 1. The number of rotatable bonds is 5. The van der Waals surface area contributed by atoms with E-state index in [4.69, 9.17) is 4.74 Å². The molecule has 27 heavy (non-hydrogen) atoms. The zero-order valence-corrected chi connectivity index (χ0v) is 15.9. The summed E-state index contributed by atoms with van der Waals surface area (Å²) in [6, 6.07) is 14.3. The second kappa shape index (κ2) is 6.98. The summed E-state index contributed by atoms with van der Waals surface area (Å²) in [6.45, 7) is 0. The Morgan fingerprint density at radius 3 is 2.67 bits per heavy atom. The molecular formula is C19H15N3O3S2. The van der Waals surface area contributed by atoms with E-state index in [0.29, 0.717) is 10.9 Å². The smallest absolute Gasteiger partial charge is 0.263 e. The molecule has 0 saturated heterocycles. The molecular weight excluding hydrogens is 382 g/mol. The summed E-state index contributed by atoms with van der Waals surface area (Å²) in [5.74, 6) is 0.708. The number of hydrogen-bond donors (Lipinski definition) is 1. The van der Waals surface area contributed by atoms with Gasteiger partial charge in [0.2, 0.25) is 0 Å². The van der Waals surface area contributed by atoms with Crippen LogP contribution in [-0.2, 0) is 10.0 Å². The molecule has 2 heterocycles. The molecule has 1 N–H and O–H groups in total. The Kier molecular flexibility index (Phi) is 4.51. The highest BCUT2D eigenvalue weighted by molar-refractivity contribution is 7.93. The summed E-state index contributed by atoms with van der Waals surface area (Å²) >= 11 is 1.23. The lowest BCUT2D eigenvalue weighted by molar-refractivity contribution is 0.416. The van der Waals surface area contributed by atoms with Crippen LogP contribution in [0.4, 0.5) is 5.13 Å². The quantitative estimate of drug-likeness (QED) is 0.547. The normalized spacial score (nSPS) is 11.4. The average molecular weight is 397 g/mol. The van der Waals surface area contributed by atoms with Crippen LogP contribution in [0.15, 0.2) is 71.2 Å². The minimum Gasteiger partial charge on any atom is -0.496 e. The summed E-state index contributed by atoms with van der Waals surface area (Å²) in [5.41, 5.74) is 1.59. The molecule has 0 saturated carbocycles. The monoisotopic (exact) mass is 397 g/mol. The molecule has 0 atom stereocenters. The molecule has 6 nitrogen and oxygen atoms in total. The molecule has 0 aliphatic carbocycles. The molecule has 4 aromatic rings. The SMILES string of the molecule is COc1ccccc1-c1nccc2cc(S(=O)(=O)Nc3nccs3)ccc12. The molecule has 0 radical (unpaired) electrons. The van der Waals surface area contributed by atoms with E-state index in [1.165, 1.54) is 11.3 Å². The van der Waals surface area contributed by atoms with Crippen molar-refractivity contribution in [2.75, 3.05) is 11.8 Å². The van der Waals surface area contributed by atoms with Gasteiger partial charge in [0.1, 0.15) is 5.75 Å². The number of fused-ring (bicyclic) bond motifs is 1. The number of thiazole rings is 1. The Hall–Kier alpha value is -2.97. The van der Waals surface area contributed by atoms with Gasteiger partial charge in [0.15, 0.2) is 5.13 Å². The van der Waals surface area contributed by atoms with Crippen LogP contribution in [0.2, 0.25) is 0 Å². The Bertz CT molecular complexity index is 1210. The van der Waals surface area contributed by atoms with Gasteiger partial charge in [-0.15, -0.1) is 11.3 Å². The van der Waals surface area contributed by atoms with Gasteiger partial charge in [-0.1, -0.05) is 18.2 Å². The first-order chi connectivity index (χ1) is 13.1. The standard InChI is InChI=1S/C19H15N3O3S2/c1-25-17-5-3-2-4-16(17)18-15-7-6-14(12-13(15)8-9-20-18)27(23,24)22-19-21-10-11-26-19/h2-12H,1H3,(H,21,22). The highest BCUT2D eigenvalue weighted by Gasteiger charge is 2.17. The predicted octanol–water partition coefficient (Wildman–Crippen LogP) is 4.17. The van der Waals surface area contributed by atoms with Crippen molar-refractivity contribution in [3.63, 3.8) is 0 Å². The number of benzene rings is 2. The topological polar surface area (TPSA) is 81.2 Å². The number of sulfonamides is 1. The van der Waals surface area contributed by atoms with E-state index >= 15 is 0 Å². The fourth-order valence-corrected chi connectivity index (χ4v) is 4.65. The highest BCUT2D eigenvalue weighted by Crippen LogP contribution is 2.34. The fraction of sp³-hybridized carbons (Fsp3) is 0.0526. The second-order valence-corrected chi connectivity index (χ2v) is 8.26. The maximum absolute atomic E-state index is 12.6. The number of methoxy groups -OCH3 is 1. The van der Waals surface area contributed by atoms with Crippen molar-refractivity contribution in [1.29, 1.82) is 0 Å². The minimum absolute atomic E-state index is 0.169. The number of aromatic nitrogens is 2. The summed E-state index contributed by atoms with van der Waals surface area (Å²) < 4.78 is 33.2. The van der Waals surface area contributed by atoms with Gasteiger partial charge in [-0.25, -0.2) is 13.4 Å². The first-order valence-electron chi connectivity index (χ1n) is 8.03. The van der Waals surface area contributed by atoms with E-state index in [-0.39, 0.29) is 4.90 Å². The number of hydrogen-bond acceptors (Lipinski definition) is 6. The van der Waals surface area contributed by atoms with Gasteiger partial charge in [0.05, 0.1) is 17.7 Å². The lowest BCUT2D eigenvalue weighted by Gasteiger charge is -2.11. The largest absolute Gasteiger partial charge is 0.496 e. The van der Waals surface area contributed by atoms with E-state index in [2.05, 4.69) is 14.7 Å². The van der Waals surface area contributed by atoms with Crippen molar-refractivity contribution in [1.82, 2.24) is 9.97 Å². The molecule has 2 aromatic carbocycles. The zero-order chi connectivity index (χ0) is 18.9. The van der Waals surface area contributed by atoms with Crippen molar-refractivity contribution < 1.29 is 13.2 Å². The highest BCUT2D eigenvalue weighted by atomic mass is 32.2. The fourth-order valence-electron chi connectivity index (χ4n) is 2.83. The summed E-state index contributed by atoms with van der Waals surface area (Å²) in [4.78, 5) is 8.62. The molecule has 0 unspecified atom stereocenters. The average Bonchev–Trinajstić information content (AvgIpc) is 3.19. The number of pyridine rings is 1. The number of ether oxygens (including phenoxy) is 1. The van der Waals surface area contributed by atoms with Gasteiger partial charge in [-0.2, -0.15) is 0 Å². The van der Waals surface area contributed by atoms with Crippen LogP contribution >= 0.6 is 11.3 Å². The molecule has 0 fully saturated rings. The van der Waals surface area contributed by atoms with Gasteiger partial charge in [0, 0.05) is 28.7 Å². The summed E-state index contributed by atoms with van der Waals surface area (Å²) in [5, 5.41) is 3.66. The van der Waals surface area contributed by atoms with Gasteiger partial charge < -0.3 is 4.74 Å². The molecule has 8 heteroatoms. The second-order valence-electron chi connectivity index (χ2n) is 5.69. The van der Waals surface area contributed by atoms with Crippen LogP contribution in [-0.4, -0.2) is 25.5 Å². The van der Waals surface area contributed by atoms with Crippen LogP contribution < -0.4 is 9.46 Å². The van der Waals surface area contributed by atoms with Crippen molar-refractivity contribution >= 4 is 37.3 Å². The lowest BCUT2D eigenvalue weighted by atomic mass is 10.0. The molecule has 0 bridgehead atoms. The first kappa shape index (κ1) is 17.4. The van der Waals surface area contributed by atoms with Gasteiger partial charge in [-0.05, 0) is 35.7 Å². The number of nitrogens with zero attached hydrogens (tertiary/aromatic N) is 2. The Morgan fingerprint density at radius 1 is 1.04 bits per heavy atom. The van der Waals surface area contributed by atoms with Gasteiger partial charge in [0.25, 0.3) is 10.0 Å². The predicted molar refractivity (Wildman–Crippen MR) is 107 cm³/mol. The Morgan fingerprint density at radius 2 is 1.89 bits per heavy atom. The van der Waals surface area contributed by atoms with Crippen molar-refractivity contribution in [2.45, 2.75) is 4.90 Å². The third kappa shape index (κ3) is 3.36. The van der Waals surface area contributed by atoms with Crippen LogP contribution in [0.1, 0.15) is 0 Å². The number of nitrogens with one attached hydrogen (secondary N) is 1. The van der Waals surface area contributed by atoms with E-state index in [1.54, 1.807) is 49.1 Å². The van der Waals surface area contributed by atoms with E-state index in [0.717, 1.165) is 22.0 Å². The maximum Gasteiger partial charge on any atom is 0.263 e. The third-order valence-corrected chi connectivity index (χ3v) is 6.22. The van der Waals surface area contributed by atoms with Crippen LogP contribution in [0, 0.1) is 0 Å². The molecule has 0 aliphatic heterocycles.